The van der Waals surface area contributed by atoms with Crippen molar-refractivity contribution in [1.29, 1.82) is 0 Å². The van der Waals surface area contributed by atoms with E-state index < -0.39 is 0 Å². The first-order valence-corrected chi connectivity index (χ1v) is 5.35. The molecule has 1 aliphatic carbocycles. The summed E-state index contributed by atoms with van der Waals surface area (Å²) in [5.41, 5.74) is 6.17. The fourth-order valence-corrected chi connectivity index (χ4v) is 2.80. The Morgan fingerprint density at radius 3 is 3.08 bits per heavy atom. The third-order valence-corrected chi connectivity index (χ3v) is 3.86. The lowest BCUT2D eigenvalue weighted by molar-refractivity contribution is 0.508. The van der Waals surface area contributed by atoms with Crippen LogP contribution in [0.25, 0.3) is 0 Å². The molecule has 2 unspecified atom stereocenters. The minimum Gasteiger partial charge on any atom is -0.330 e. The topological polar surface area (TPSA) is 26.0 Å². The third-order valence-electron chi connectivity index (χ3n) is 2.98. The van der Waals surface area contributed by atoms with Crippen molar-refractivity contribution in [3.8, 4) is 0 Å². The van der Waals surface area contributed by atoms with Gasteiger partial charge in [-0.05, 0) is 42.2 Å². The molecule has 2 atom stereocenters. The van der Waals surface area contributed by atoms with Gasteiger partial charge in [0.25, 0.3) is 0 Å². The predicted molar refractivity (Wildman–Crippen MR) is 53.3 cm³/mol. The summed E-state index contributed by atoms with van der Waals surface area (Å²) in [6.07, 6.45) is 2.55. The number of hydrogen-bond acceptors (Lipinski definition) is 2. The van der Waals surface area contributed by atoms with Crippen molar-refractivity contribution in [1.82, 2.24) is 0 Å². The Kier molecular flexibility index (Phi) is 1.97. The molecule has 0 spiro atoms. The molecular formula is C10H15NS. The molecule has 1 heterocycles. The molecular weight excluding hydrogens is 166 g/mol. The average Bonchev–Trinajstić information content (AvgIpc) is 2.48. The second-order valence-electron chi connectivity index (χ2n) is 4.05. The van der Waals surface area contributed by atoms with E-state index in [4.69, 9.17) is 5.73 Å². The molecule has 1 fully saturated rings. The van der Waals surface area contributed by atoms with Crippen LogP contribution in [0.15, 0.2) is 17.5 Å². The van der Waals surface area contributed by atoms with Gasteiger partial charge in [0.1, 0.15) is 0 Å². The average molecular weight is 181 g/mol. The van der Waals surface area contributed by atoms with E-state index in [0.29, 0.717) is 5.41 Å². The van der Waals surface area contributed by atoms with Gasteiger partial charge in [-0.25, -0.2) is 0 Å². The van der Waals surface area contributed by atoms with Crippen LogP contribution in [-0.4, -0.2) is 6.54 Å². The van der Waals surface area contributed by atoms with E-state index >= 15 is 0 Å². The van der Waals surface area contributed by atoms with Gasteiger partial charge in [0, 0.05) is 4.88 Å². The Bertz CT molecular complexity index is 255. The number of nitrogens with two attached hydrogens (primary N) is 1. The van der Waals surface area contributed by atoms with Crippen LogP contribution in [0.3, 0.4) is 0 Å². The Labute approximate surface area is 77.6 Å². The lowest BCUT2D eigenvalue weighted by Gasteiger charge is -2.07. The van der Waals surface area contributed by atoms with Crippen LogP contribution in [0, 0.1) is 11.3 Å². The Hall–Kier alpha value is -0.340. The highest BCUT2D eigenvalue weighted by atomic mass is 32.1. The largest absolute Gasteiger partial charge is 0.330 e. The summed E-state index contributed by atoms with van der Waals surface area (Å²) >= 11 is 1.86. The van der Waals surface area contributed by atoms with Crippen molar-refractivity contribution >= 4 is 11.3 Å². The van der Waals surface area contributed by atoms with E-state index in [0.717, 1.165) is 12.5 Å². The van der Waals surface area contributed by atoms with E-state index in [9.17, 15) is 0 Å². The molecule has 0 amide bonds. The second kappa shape index (κ2) is 2.86. The van der Waals surface area contributed by atoms with Crippen molar-refractivity contribution in [3.05, 3.63) is 22.4 Å². The van der Waals surface area contributed by atoms with Crippen molar-refractivity contribution < 1.29 is 0 Å². The highest BCUT2D eigenvalue weighted by molar-refractivity contribution is 7.09. The molecule has 2 heteroatoms. The fourth-order valence-electron chi connectivity index (χ4n) is 1.90. The molecule has 1 aromatic rings. The lowest BCUT2D eigenvalue weighted by atomic mass is 10.0. The van der Waals surface area contributed by atoms with Gasteiger partial charge in [0.15, 0.2) is 0 Å². The Morgan fingerprint density at radius 2 is 2.58 bits per heavy atom. The highest BCUT2D eigenvalue weighted by Crippen LogP contribution is 2.53. The molecule has 12 heavy (non-hydrogen) atoms. The standard InChI is InChI=1S/C10H15NS/c1-10(5-8(10)7-11)6-9-3-2-4-12-9/h2-4,8H,5-7,11H2,1H3. The molecule has 1 saturated carbocycles. The van der Waals surface area contributed by atoms with E-state index in [2.05, 4.69) is 24.4 Å². The normalized spacial score (nSPS) is 33.7. The maximum Gasteiger partial charge on any atom is 0.00507 e. The third kappa shape index (κ3) is 1.41. The number of thiophene rings is 1. The van der Waals surface area contributed by atoms with Crippen LogP contribution < -0.4 is 5.73 Å². The summed E-state index contributed by atoms with van der Waals surface area (Å²) in [5, 5.41) is 2.15. The lowest BCUT2D eigenvalue weighted by Crippen LogP contribution is -2.09. The number of hydrogen-bond donors (Lipinski definition) is 1. The molecule has 1 aliphatic rings. The fraction of sp³-hybridized carbons (Fsp3) is 0.600. The summed E-state index contributed by atoms with van der Waals surface area (Å²) in [6.45, 7) is 3.21. The van der Waals surface area contributed by atoms with Crippen LogP contribution >= 0.6 is 11.3 Å². The number of rotatable bonds is 3. The zero-order valence-electron chi connectivity index (χ0n) is 7.42. The monoisotopic (exact) mass is 181 g/mol. The van der Waals surface area contributed by atoms with Crippen molar-refractivity contribution in [3.63, 3.8) is 0 Å². The van der Waals surface area contributed by atoms with E-state index in [1.165, 1.54) is 17.7 Å². The predicted octanol–water partition coefficient (Wildman–Crippen LogP) is 2.28. The Balaban J connectivity index is 1.97. The van der Waals surface area contributed by atoms with Gasteiger partial charge >= 0.3 is 0 Å². The van der Waals surface area contributed by atoms with Crippen LogP contribution in [0.2, 0.25) is 0 Å². The van der Waals surface area contributed by atoms with Gasteiger partial charge in [0.05, 0.1) is 0 Å². The van der Waals surface area contributed by atoms with Crippen LogP contribution in [0.1, 0.15) is 18.2 Å². The maximum absolute atomic E-state index is 5.64. The zero-order chi connectivity index (χ0) is 8.60. The van der Waals surface area contributed by atoms with Crippen molar-refractivity contribution in [2.45, 2.75) is 19.8 Å². The summed E-state index contributed by atoms with van der Waals surface area (Å²) in [7, 11) is 0. The van der Waals surface area contributed by atoms with Crippen molar-refractivity contribution in [2.24, 2.45) is 17.1 Å². The van der Waals surface area contributed by atoms with Gasteiger partial charge in [-0.1, -0.05) is 13.0 Å². The van der Waals surface area contributed by atoms with E-state index in [-0.39, 0.29) is 0 Å². The smallest absolute Gasteiger partial charge is 0.00507 e. The summed E-state index contributed by atoms with van der Waals surface area (Å²) < 4.78 is 0. The van der Waals surface area contributed by atoms with Gasteiger partial charge < -0.3 is 5.73 Å². The second-order valence-corrected chi connectivity index (χ2v) is 5.08. The molecule has 0 radical (unpaired) electrons. The molecule has 0 aromatic carbocycles. The van der Waals surface area contributed by atoms with Crippen LogP contribution in [0.5, 0.6) is 0 Å². The van der Waals surface area contributed by atoms with Gasteiger partial charge in [-0.2, -0.15) is 0 Å². The van der Waals surface area contributed by atoms with Gasteiger partial charge in [0.2, 0.25) is 0 Å². The molecule has 1 nitrogen and oxygen atoms in total. The summed E-state index contributed by atoms with van der Waals surface area (Å²) in [6, 6.07) is 4.35. The van der Waals surface area contributed by atoms with Crippen molar-refractivity contribution in [2.75, 3.05) is 6.54 Å². The first-order chi connectivity index (χ1) is 5.74. The minimum absolute atomic E-state index is 0.527. The minimum atomic E-state index is 0.527. The molecule has 66 valence electrons. The maximum atomic E-state index is 5.64. The van der Waals surface area contributed by atoms with Gasteiger partial charge in [-0.15, -0.1) is 11.3 Å². The molecule has 2 N–H and O–H groups in total. The van der Waals surface area contributed by atoms with Crippen LogP contribution in [0.4, 0.5) is 0 Å². The summed E-state index contributed by atoms with van der Waals surface area (Å²) in [5.74, 6) is 0.777. The van der Waals surface area contributed by atoms with Gasteiger partial charge in [-0.3, -0.25) is 0 Å². The quantitative estimate of drug-likeness (QED) is 0.760. The zero-order valence-corrected chi connectivity index (χ0v) is 8.23. The molecule has 0 aliphatic heterocycles. The van der Waals surface area contributed by atoms with E-state index in [1.54, 1.807) is 0 Å². The molecule has 2 rings (SSSR count). The molecule has 0 bridgehead atoms. The van der Waals surface area contributed by atoms with E-state index in [1.807, 2.05) is 11.3 Å². The summed E-state index contributed by atoms with van der Waals surface area (Å²) in [4.78, 5) is 1.51. The van der Waals surface area contributed by atoms with Crippen LogP contribution in [-0.2, 0) is 6.42 Å². The Morgan fingerprint density at radius 1 is 1.75 bits per heavy atom. The SMILES string of the molecule is CC1(Cc2cccs2)CC1CN. The highest BCUT2D eigenvalue weighted by Gasteiger charge is 2.48. The first-order valence-electron chi connectivity index (χ1n) is 4.47. The first kappa shape index (κ1) is 8.27. The molecule has 0 saturated heterocycles. The molecule has 1 aromatic heterocycles.